The number of aryl methyl sites for hydroxylation is 1. The Hall–Kier alpha value is -3.16. The number of hydrogen-bond acceptors (Lipinski definition) is 6. The van der Waals surface area contributed by atoms with Gasteiger partial charge in [-0.2, -0.15) is 14.6 Å². The van der Waals surface area contributed by atoms with Gasteiger partial charge in [0, 0.05) is 30.2 Å². The molecule has 0 aliphatic heterocycles. The molecule has 1 aromatic carbocycles. The summed E-state index contributed by atoms with van der Waals surface area (Å²) in [5, 5.41) is 7.48. The van der Waals surface area contributed by atoms with E-state index in [4.69, 9.17) is 4.74 Å². The van der Waals surface area contributed by atoms with Crippen molar-refractivity contribution in [3.05, 3.63) is 42.4 Å². The van der Waals surface area contributed by atoms with Crippen LogP contribution in [-0.2, 0) is 11.2 Å². The number of methoxy groups -OCH3 is 1. The zero-order chi connectivity index (χ0) is 17.1. The average molecular weight is 326 g/mol. The van der Waals surface area contributed by atoms with Gasteiger partial charge in [-0.1, -0.05) is 6.92 Å². The number of amides is 1. The quantitative estimate of drug-likeness (QED) is 0.793. The van der Waals surface area contributed by atoms with Crippen molar-refractivity contribution in [2.24, 2.45) is 0 Å². The summed E-state index contributed by atoms with van der Waals surface area (Å²) < 4.78 is 6.35. The highest BCUT2D eigenvalue weighted by Gasteiger charge is 2.11. The Labute approximate surface area is 139 Å². The maximum atomic E-state index is 11.5. The first-order chi connectivity index (χ1) is 11.6. The summed E-state index contributed by atoms with van der Waals surface area (Å²) >= 11 is 0. The molecule has 24 heavy (non-hydrogen) atoms. The molecule has 2 heterocycles. The second kappa shape index (κ2) is 6.53. The van der Waals surface area contributed by atoms with Crippen molar-refractivity contribution in [3.8, 4) is 0 Å². The van der Waals surface area contributed by atoms with Crippen LogP contribution < -0.4 is 10.2 Å². The third-order valence-electron chi connectivity index (χ3n) is 3.64. The first-order valence-corrected chi connectivity index (χ1v) is 7.50. The Morgan fingerprint density at radius 2 is 2.08 bits per heavy atom. The maximum absolute atomic E-state index is 11.5. The Morgan fingerprint density at radius 1 is 1.33 bits per heavy atom. The predicted molar refractivity (Wildman–Crippen MR) is 90.7 cm³/mol. The van der Waals surface area contributed by atoms with E-state index < -0.39 is 6.09 Å². The van der Waals surface area contributed by atoms with Crippen molar-refractivity contribution >= 4 is 29.1 Å². The minimum absolute atomic E-state index is 0.415. The number of ether oxygens (including phenoxy) is 1. The fourth-order valence-electron chi connectivity index (χ4n) is 2.29. The Balaban J connectivity index is 1.86. The van der Waals surface area contributed by atoms with E-state index in [0.717, 1.165) is 29.3 Å². The van der Waals surface area contributed by atoms with Crippen LogP contribution >= 0.6 is 0 Å². The number of benzene rings is 1. The normalized spacial score (nSPS) is 10.6. The van der Waals surface area contributed by atoms with Gasteiger partial charge in [0.05, 0.1) is 7.11 Å². The molecule has 0 radical (unpaired) electrons. The van der Waals surface area contributed by atoms with Crippen LogP contribution in [0.5, 0.6) is 0 Å². The summed E-state index contributed by atoms with van der Waals surface area (Å²) in [4.78, 5) is 21.5. The summed E-state index contributed by atoms with van der Waals surface area (Å²) in [5.41, 5.74) is 2.53. The van der Waals surface area contributed by atoms with Crippen molar-refractivity contribution < 1.29 is 9.53 Å². The van der Waals surface area contributed by atoms with Crippen LogP contribution in [0.15, 0.2) is 36.7 Å². The number of carbonyl (C=O) groups is 1. The molecule has 0 aliphatic carbocycles. The number of carbonyl (C=O) groups excluding carboxylic acids is 1. The fraction of sp³-hybridized carbons (Fsp3) is 0.250. The molecule has 124 valence electrons. The number of hydrogen-bond donors (Lipinski definition) is 1. The topological polar surface area (TPSA) is 84.7 Å². The van der Waals surface area contributed by atoms with Crippen LogP contribution in [0.3, 0.4) is 0 Å². The highest BCUT2D eigenvalue weighted by atomic mass is 16.5. The summed E-state index contributed by atoms with van der Waals surface area (Å²) in [6.07, 6.45) is 1.86. The van der Waals surface area contributed by atoms with Gasteiger partial charge in [-0.05, 0) is 30.7 Å². The molecular weight excluding hydrogens is 308 g/mol. The van der Waals surface area contributed by atoms with Crippen LogP contribution in [0.4, 0.5) is 22.0 Å². The van der Waals surface area contributed by atoms with Crippen LogP contribution in [-0.4, -0.2) is 39.8 Å². The second-order valence-electron chi connectivity index (χ2n) is 5.16. The zero-order valence-electron chi connectivity index (χ0n) is 13.7. The maximum Gasteiger partial charge on any atom is 0.413 e. The van der Waals surface area contributed by atoms with Crippen LogP contribution in [0.2, 0.25) is 0 Å². The van der Waals surface area contributed by atoms with Gasteiger partial charge in [0.1, 0.15) is 12.1 Å². The van der Waals surface area contributed by atoms with E-state index in [9.17, 15) is 4.79 Å². The third kappa shape index (κ3) is 2.98. The highest BCUT2D eigenvalue weighted by molar-refractivity contribution is 5.87. The average Bonchev–Trinajstić information content (AvgIpc) is 3.09. The first kappa shape index (κ1) is 15.7. The molecule has 2 aromatic heterocycles. The van der Waals surface area contributed by atoms with Gasteiger partial charge in [-0.3, -0.25) is 4.90 Å². The van der Waals surface area contributed by atoms with Crippen molar-refractivity contribution in [1.29, 1.82) is 0 Å². The molecule has 1 N–H and O–H groups in total. The minimum atomic E-state index is -0.415. The lowest BCUT2D eigenvalue weighted by molar-refractivity contribution is 0.180. The zero-order valence-corrected chi connectivity index (χ0v) is 13.7. The molecule has 8 nitrogen and oxygen atoms in total. The number of nitrogens with zero attached hydrogens (tertiary/aromatic N) is 5. The molecule has 0 fully saturated rings. The summed E-state index contributed by atoms with van der Waals surface area (Å²) in [7, 11) is 3.01. The molecule has 0 aliphatic rings. The SMILES string of the molecule is CCc1cc(Nc2ccc(N(C)C(=O)OC)cc2)n2ncnc2n1. The van der Waals surface area contributed by atoms with Crippen LogP contribution in [0, 0.1) is 0 Å². The van der Waals surface area contributed by atoms with E-state index in [1.807, 2.05) is 37.3 Å². The van der Waals surface area contributed by atoms with Gasteiger partial charge < -0.3 is 10.1 Å². The molecule has 3 aromatic rings. The smallest absolute Gasteiger partial charge is 0.413 e. The highest BCUT2D eigenvalue weighted by Crippen LogP contribution is 2.21. The van der Waals surface area contributed by atoms with E-state index in [1.165, 1.54) is 18.3 Å². The lowest BCUT2D eigenvalue weighted by Crippen LogP contribution is -2.25. The van der Waals surface area contributed by atoms with E-state index in [-0.39, 0.29) is 0 Å². The molecule has 0 saturated carbocycles. The first-order valence-electron chi connectivity index (χ1n) is 7.50. The molecule has 0 unspecified atom stereocenters. The molecule has 0 saturated heterocycles. The van der Waals surface area contributed by atoms with Gasteiger partial charge in [0.25, 0.3) is 5.78 Å². The molecular formula is C16H18N6O2. The van der Waals surface area contributed by atoms with Gasteiger partial charge >= 0.3 is 6.09 Å². The number of anilines is 3. The molecule has 0 bridgehead atoms. The van der Waals surface area contributed by atoms with Crippen molar-refractivity contribution in [2.75, 3.05) is 24.4 Å². The van der Waals surface area contributed by atoms with E-state index in [1.54, 1.807) is 11.6 Å². The molecule has 0 atom stereocenters. The van der Waals surface area contributed by atoms with Gasteiger partial charge in [-0.15, -0.1) is 0 Å². The monoisotopic (exact) mass is 326 g/mol. The van der Waals surface area contributed by atoms with Crippen molar-refractivity contribution in [1.82, 2.24) is 19.6 Å². The number of rotatable bonds is 4. The fourth-order valence-corrected chi connectivity index (χ4v) is 2.29. The van der Waals surface area contributed by atoms with E-state index >= 15 is 0 Å². The Morgan fingerprint density at radius 3 is 2.75 bits per heavy atom. The second-order valence-corrected chi connectivity index (χ2v) is 5.16. The largest absolute Gasteiger partial charge is 0.452 e. The summed E-state index contributed by atoms with van der Waals surface area (Å²) in [6, 6.07) is 9.36. The molecule has 0 spiro atoms. The van der Waals surface area contributed by atoms with E-state index in [2.05, 4.69) is 20.4 Å². The van der Waals surface area contributed by atoms with Crippen molar-refractivity contribution in [3.63, 3.8) is 0 Å². The molecule has 1 amide bonds. The third-order valence-corrected chi connectivity index (χ3v) is 3.64. The van der Waals surface area contributed by atoms with Gasteiger partial charge in [-0.25, -0.2) is 9.78 Å². The van der Waals surface area contributed by atoms with E-state index in [0.29, 0.717) is 5.78 Å². The van der Waals surface area contributed by atoms with Crippen LogP contribution in [0.1, 0.15) is 12.6 Å². The summed E-state index contributed by atoms with van der Waals surface area (Å²) in [6.45, 7) is 2.04. The van der Waals surface area contributed by atoms with Gasteiger partial charge in [0.2, 0.25) is 0 Å². The molecule has 3 rings (SSSR count). The van der Waals surface area contributed by atoms with Gasteiger partial charge in [0.15, 0.2) is 0 Å². The number of nitrogens with one attached hydrogen (secondary N) is 1. The number of aromatic nitrogens is 4. The lowest BCUT2D eigenvalue weighted by Gasteiger charge is -2.16. The minimum Gasteiger partial charge on any atom is -0.452 e. The lowest BCUT2D eigenvalue weighted by atomic mass is 10.2. The summed E-state index contributed by atoms with van der Waals surface area (Å²) in [5.74, 6) is 1.34. The standard InChI is InChI=1S/C16H18N6O2/c1-4-11-9-14(22-15(20-11)17-10-18-22)19-12-5-7-13(8-6-12)21(2)16(23)24-3/h5-10,19H,4H2,1-3H3. The van der Waals surface area contributed by atoms with Crippen molar-refractivity contribution in [2.45, 2.75) is 13.3 Å². The number of fused-ring (bicyclic) bond motifs is 1. The molecule has 8 heteroatoms. The van der Waals surface area contributed by atoms with Crippen LogP contribution in [0.25, 0.3) is 5.78 Å². The Bertz CT molecular complexity index is 859. The predicted octanol–water partition coefficient (Wildman–Crippen LogP) is 2.63. The Kier molecular flexibility index (Phi) is 4.28.